The van der Waals surface area contributed by atoms with Gasteiger partial charge >= 0.3 is 6.18 Å². The average Bonchev–Trinajstić information content (AvgIpc) is 3.09. The molecule has 182 valence electrons. The molecule has 4 heterocycles. The van der Waals surface area contributed by atoms with E-state index in [0.717, 1.165) is 0 Å². The van der Waals surface area contributed by atoms with Crippen molar-refractivity contribution in [3.8, 4) is 17.4 Å². The number of nitrogens with one attached hydrogen (secondary N) is 1. The summed E-state index contributed by atoms with van der Waals surface area (Å²) in [6, 6.07) is 5.84. The molecule has 0 spiro atoms. The molecule has 0 aromatic carbocycles. The van der Waals surface area contributed by atoms with Gasteiger partial charge in [0.25, 0.3) is 11.8 Å². The first-order chi connectivity index (χ1) is 15.9. The van der Waals surface area contributed by atoms with Gasteiger partial charge in [0.2, 0.25) is 0 Å². The van der Waals surface area contributed by atoms with Gasteiger partial charge in [0.05, 0.1) is 22.6 Å². The fourth-order valence-corrected chi connectivity index (χ4v) is 5.84. The monoisotopic (exact) mass is 498 g/mol. The molecule has 0 saturated carbocycles. The molecule has 1 fully saturated rings. The van der Waals surface area contributed by atoms with Crippen molar-refractivity contribution in [2.75, 3.05) is 18.1 Å². The number of rotatable bonds is 7. The van der Waals surface area contributed by atoms with Gasteiger partial charge in [-0.2, -0.15) is 18.3 Å². The highest BCUT2D eigenvalue weighted by atomic mass is 32.2. The topological polar surface area (TPSA) is 112 Å². The summed E-state index contributed by atoms with van der Waals surface area (Å²) < 4.78 is 72.6. The lowest BCUT2D eigenvalue weighted by Crippen LogP contribution is -2.63. The van der Waals surface area contributed by atoms with Gasteiger partial charge < -0.3 is 14.8 Å². The molecular formula is C21H21F3N4O5S. The SMILES string of the molecule is CCc1c(C(=O)NC2(C)CS(=O)(=O)C2)nn2ccc(Oc3ncccc3OCC(F)(F)F)cc12. The highest BCUT2D eigenvalue weighted by Crippen LogP contribution is 2.32. The van der Waals surface area contributed by atoms with E-state index in [4.69, 9.17) is 9.47 Å². The van der Waals surface area contributed by atoms with Crippen LogP contribution in [0, 0.1) is 0 Å². The molecule has 3 aromatic heterocycles. The molecule has 1 aliphatic rings. The summed E-state index contributed by atoms with van der Waals surface area (Å²) in [4.78, 5) is 16.8. The third-order valence-corrected chi connectivity index (χ3v) is 7.27. The van der Waals surface area contributed by atoms with Gasteiger partial charge in [-0.3, -0.25) is 4.79 Å². The second-order valence-electron chi connectivity index (χ2n) is 8.23. The second-order valence-corrected chi connectivity index (χ2v) is 10.3. The maximum atomic E-state index is 12.9. The number of hydrogen-bond acceptors (Lipinski definition) is 7. The Hall–Kier alpha value is -3.35. The van der Waals surface area contributed by atoms with Crippen molar-refractivity contribution >= 4 is 21.3 Å². The minimum Gasteiger partial charge on any atom is -0.478 e. The van der Waals surface area contributed by atoms with Gasteiger partial charge in [0, 0.05) is 24.0 Å². The Labute approximate surface area is 192 Å². The minimum atomic E-state index is -4.52. The lowest BCUT2D eigenvalue weighted by Gasteiger charge is -2.38. The fourth-order valence-electron chi connectivity index (χ4n) is 3.84. The van der Waals surface area contributed by atoms with Crippen molar-refractivity contribution in [1.29, 1.82) is 0 Å². The van der Waals surface area contributed by atoms with Crippen molar-refractivity contribution in [1.82, 2.24) is 19.9 Å². The number of aromatic nitrogens is 3. The molecule has 4 rings (SSSR count). The highest BCUT2D eigenvalue weighted by Gasteiger charge is 2.46. The van der Waals surface area contributed by atoms with Gasteiger partial charge in [-0.1, -0.05) is 6.92 Å². The smallest absolute Gasteiger partial charge is 0.422 e. The molecule has 1 N–H and O–H groups in total. The number of hydrogen-bond donors (Lipinski definition) is 1. The number of nitrogens with zero attached hydrogens (tertiary/aromatic N) is 3. The van der Waals surface area contributed by atoms with Crippen LogP contribution in [0.2, 0.25) is 0 Å². The Kier molecular flexibility index (Phi) is 5.92. The first-order valence-electron chi connectivity index (χ1n) is 10.2. The van der Waals surface area contributed by atoms with Crippen LogP contribution in [0.1, 0.15) is 29.9 Å². The lowest BCUT2D eigenvalue weighted by atomic mass is 10.1. The van der Waals surface area contributed by atoms with E-state index in [1.807, 2.05) is 6.92 Å². The van der Waals surface area contributed by atoms with Crippen molar-refractivity contribution in [2.24, 2.45) is 0 Å². The normalized spacial score (nSPS) is 16.6. The minimum absolute atomic E-state index is 0.138. The van der Waals surface area contributed by atoms with Gasteiger partial charge in [0.15, 0.2) is 27.9 Å². The van der Waals surface area contributed by atoms with Crippen molar-refractivity contribution in [3.63, 3.8) is 0 Å². The fraction of sp³-hybridized carbons (Fsp3) is 0.381. The summed E-state index contributed by atoms with van der Waals surface area (Å²) >= 11 is 0. The number of amides is 1. The van der Waals surface area contributed by atoms with E-state index in [-0.39, 0.29) is 34.6 Å². The van der Waals surface area contributed by atoms with E-state index in [1.165, 1.54) is 35.1 Å². The Balaban J connectivity index is 1.59. The number of fused-ring (bicyclic) bond motifs is 1. The summed E-state index contributed by atoms with van der Waals surface area (Å²) in [7, 11) is -3.14. The Morgan fingerprint density at radius 3 is 2.68 bits per heavy atom. The number of sulfone groups is 1. The molecule has 13 heteroatoms. The molecule has 1 aliphatic heterocycles. The summed E-state index contributed by atoms with van der Waals surface area (Å²) in [6.07, 6.45) is -1.19. The van der Waals surface area contributed by atoms with Crippen LogP contribution in [-0.2, 0) is 16.3 Å². The number of pyridine rings is 2. The zero-order chi connectivity index (χ0) is 24.7. The number of halogens is 3. The number of alkyl halides is 3. The van der Waals surface area contributed by atoms with Gasteiger partial charge in [-0.05, 0) is 31.5 Å². The van der Waals surface area contributed by atoms with Gasteiger partial charge in [-0.25, -0.2) is 17.9 Å². The zero-order valence-electron chi connectivity index (χ0n) is 18.2. The molecule has 0 atom stereocenters. The number of aryl methyl sites for hydroxylation is 1. The van der Waals surface area contributed by atoms with Crippen LogP contribution in [0.3, 0.4) is 0 Å². The quantitative estimate of drug-likeness (QED) is 0.533. The standard InChI is InChI=1S/C21H21F3N4O5S/c1-3-14-15-9-13(33-19-16(5-4-7-25-19)32-10-21(22,23)24)6-8-28(15)27-17(14)18(29)26-20(2)11-34(30,31)12-20/h4-9H,3,10-12H2,1-2H3,(H,26,29). The maximum Gasteiger partial charge on any atom is 0.422 e. The molecule has 0 aliphatic carbocycles. The molecule has 9 nitrogen and oxygen atoms in total. The van der Waals surface area contributed by atoms with E-state index in [0.29, 0.717) is 17.5 Å². The van der Waals surface area contributed by atoms with Crippen LogP contribution in [0.4, 0.5) is 13.2 Å². The molecule has 0 unspecified atom stereocenters. The highest BCUT2D eigenvalue weighted by molar-refractivity contribution is 7.93. The van der Waals surface area contributed by atoms with Crippen LogP contribution in [0.5, 0.6) is 17.4 Å². The van der Waals surface area contributed by atoms with E-state index >= 15 is 0 Å². The third kappa shape index (κ3) is 5.08. The van der Waals surface area contributed by atoms with E-state index in [2.05, 4.69) is 15.4 Å². The Morgan fingerprint density at radius 2 is 2.03 bits per heavy atom. The molecule has 0 bridgehead atoms. The van der Waals surface area contributed by atoms with E-state index < -0.39 is 34.1 Å². The lowest BCUT2D eigenvalue weighted by molar-refractivity contribution is -0.153. The van der Waals surface area contributed by atoms with Crippen LogP contribution >= 0.6 is 0 Å². The maximum absolute atomic E-state index is 12.9. The van der Waals surface area contributed by atoms with Crippen LogP contribution < -0.4 is 14.8 Å². The number of ether oxygens (including phenoxy) is 2. The Morgan fingerprint density at radius 1 is 1.29 bits per heavy atom. The van der Waals surface area contributed by atoms with Crippen LogP contribution in [0.25, 0.3) is 5.52 Å². The van der Waals surface area contributed by atoms with E-state index in [1.54, 1.807) is 13.0 Å². The summed E-state index contributed by atoms with van der Waals surface area (Å²) in [5.41, 5.74) is 0.447. The predicted octanol–water partition coefficient (Wildman–Crippen LogP) is 2.94. The predicted molar refractivity (Wildman–Crippen MR) is 115 cm³/mol. The van der Waals surface area contributed by atoms with Gasteiger partial charge in [0.1, 0.15) is 5.75 Å². The molecular weight excluding hydrogens is 477 g/mol. The van der Waals surface area contributed by atoms with E-state index in [9.17, 15) is 26.4 Å². The molecule has 0 radical (unpaired) electrons. The number of carbonyl (C=O) groups is 1. The second kappa shape index (κ2) is 8.46. The zero-order valence-corrected chi connectivity index (χ0v) is 19.0. The molecule has 34 heavy (non-hydrogen) atoms. The largest absolute Gasteiger partial charge is 0.478 e. The van der Waals surface area contributed by atoms with Crippen molar-refractivity contribution in [2.45, 2.75) is 32.0 Å². The Bertz CT molecular complexity index is 1340. The summed E-state index contributed by atoms with van der Waals surface area (Å²) in [5.74, 6) is -0.837. The third-order valence-electron chi connectivity index (χ3n) is 5.11. The first-order valence-corrected chi connectivity index (χ1v) is 12.1. The first kappa shape index (κ1) is 23.8. The molecule has 1 amide bonds. The van der Waals surface area contributed by atoms with Crippen molar-refractivity contribution in [3.05, 3.63) is 47.9 Å². The summed E-state index contributed by atoms with van der Waals surface area (Å²) in [5, 5.41) is 7.06. The van der Waals surface area contributed by atoms with Gasteiger partial charge in [-0.15, -0.1) is 0 Å². The van der Waals surface area contributed by atoms with Crippen LogP contribution in [0.15, 0.2) is 36.7 Å². The number of carbonyl (C=O) groups excluding carboxylic acids is 1. The molecule has 1 saturated heterocycles. The summed E-state index contributed by atoms with van der Waals surface area (Å²) in [6.45, 7) is 2.00. The van der Waals surface area contributed by atoms with Crippen LogP contribution in [-0.4, -0.2) is 58.8 Å². The van der Waals surface area contributed by atoms with Crippen molar-refractivity contribution < 1.29 is 35.9 Å². The molecule has 3 aromatic rings. The average molecular weight is 498 g/mol.